The Morgan fingerprint density at radius 2 is 2.03 bits per heavy atom. The molecule has 4 rings (SSSR count). The van der Waals surface area contributed by atoms with E-state index in [0.29, 0.717) is 16.8 Å². The molecule has 10 nitrogen and oxygen atoms in total. The minimum Gasteiger partial charge on any atom is -0.493 e. The Morgan fingerprint density at radius 3 is 2.79 bits per heavy atom. The summed E-state index contributed by atoms with van der Waals surface area (Å²) in [6, 6.07) is 8.18. The Balaban J connectivity index is 1.62. The van der Waals surface area contributed by atoms with Crippen molar-refractivity contribution in [1.82, 2.24) is 20.0 Å². The lowest BCUT2D eigenvalue weighted by Crippen LogP contribution is -2.20. The molecule has 148 valence electrons. The molecule has 0 saturated heterocycles. The van der Waals surface area contributed by atoms with Crippen molar-refractivity contribution in [2.24, 2.45) is 0 Å². The zero-order valence-corrected chi connectivity index (χ0v) is 15.9. The molecular formula is C19H17N5O5. The summed E-state index contributed by atoms with van der Waals surface area (Å²) in [5.74, 6) is -0.132. The first-order valence-corrected chi connectivity index (χ1v) is 8.77. The molecule has 4 aromatic rings. The highest BCUT2D eigenvalue weighted by Crippen LogP contribution is 2.25. The predicted octanol–water partition coefficient (Wildman–Crippen LogP) is 2.88. The van der Waals surface area contributed by atoms with Gasteiger partial charge >= 0.3 is 11.6 Å². The smallest absolute Gasteiger partial charge is 0.349 e. The molecule has 0 fully saturated rings. The van der Waals surface area contributed by atoms with Crippen LogP contribution >= 0.6 is 0 Å². The van der Waals surface area contributed by atoms with E-state index < -0.39 is 11.5 Å². The molecule has 1 N–H and O–H groups in total. The van der Waals surface area contributed by atoms with Gasteiger partial charge in [-0.25, -0.2) is 4.79 Å². The number of hydrogen-bond acceptors (Lipinski definition) is 8. The monoisotopic (exact) mass is 395 g/mol. The number of amides is 1. The molecule has 10 heteroatoms. The topological polar surface area (TPSA) is 125 Å². The number of ether oxygens (including phenoxy) is 1. The molecule has 0 aliphatic carbocycles. The van der Waals surface area contributed by atoms with Crippen LogP contribution in [0.25, 0.3) is 22.6 Å². The fourth-order valence-electron chi connectivity index (χ4n) is 2.87. The molecule has 29 heavy (non-hydrogen) atoms. The second-order valence-electron chi connectivity index (χ2n) is 6.45. The lowest BCUT2D eigenvalue weighted by Gasteiger charge is -2.07. The van der Waals surface area contributed by atoms with Crippen molar-refractivity contribution in [3.8, 4) is 17.3 Å². The summed E-state index contributed by atoms with van der Waals surface area (Å²) < 4.78 is 17.6. The maximum absolute atomic E-state index is 12.6. The van der Waals surface area contributed by atoms with Gasteiger partial charge in [-0.15, -0.1) is 5.10 Å². The van der Waals surface area contributed by atoms with Crippen molar-refractivity contribution in [1.29, 1.82) is 0 Å². The van der Waals surface area contributed by atoms with Gasteiger partial charge in [0.15, 0.2) is 11.3 Å². The van der Waals surface area contributed by atoms with Gasteiger partial charge in [0.05, 0.1) is 7.11 Å². The van der Waals surface area contributed by atoms with Gasteiger partial charge in [0.1, 0.15) is 11.3 Å². The predicted molar refractivity (Wildman–Crippen MR) is 103 cm³/mol. The van der Waals surface area contributed by atoms with Gasteiger partial charge in [-0.3, -0.25) is 14.8 Å². The largest absolute Gasteiger partial charge is 0.493 e. The summed E-state index contributed by atoms with van der Waals surface area (Å²) in [4.78, 5) is 24.8. The van der Waals surface area contributed by atoms with Crippen LogP contribution in [-0.2, 0) is 0 Å². The molecule has 0 spiro atoms. The molecule has 3 heterocycles. The number of aromatic nitrogens is 4. The fraction of sp³-hybridized carbons (Fsp3) is 0.211. The number of fused-ring (bicyclic) bond motifs is 1. The maximum Gasteiger partial charge on any atom is 0.349 e. The van der Waals surface area contributed by atoms with Crippen molar-refractivity contribution in [3.05, 3.63) is 52.5 Å². The third kappa shape index (κ3) is 3.35. The van der Waals surface area contributed by atoms with Crippen LogP contribution in [-0.4, -0.2) is 33.0 Å². The Hall–Kier alpha value is -3.95. The molecule has 0 aliphatic heterocycles. The number of nitrogens with zero attached hydrogens (tertiary/aromatic N) is 4. The molecule has 3 aromatic heterocycles. The van der Waals surface area contributed by atoms with E-state index >= 15 is 0 Å². The number of benzene rings is 1. The van der Waals surface area contributed by atoms with E-state index in [2.05, 4.69) is 20.6 Å². The number of rotatable bonds is 5. The normalized spacial score (nSPS) is 11.2. The van der Waals surface area contributed by atoms with Crippen LogP contribution in [0.15, 0.2) is 50.2 Å². The van der Waals surface area contributed by atoms with Crippen molar-refractivity contribution < 1.29 is 18.4 Å². The van der Waals surface area contributed by atoms with Gasteiger partial charge in [0, 0.05) is 17.6 Å². The molecule has 0 bridgehead atoms. The van der Waals surface area contributed by atoms with E-state index in [1.54, 1.807) is 35.1 Å². The first kappa shape index (κ1) is 18.4. The lowest BCUT2D eigenvalue weighted by atomic mass is 10.1. The van der Waals surface area contributed by atoms with Gasteiger partial charge in [0.2, 0.25) is 0 Å². The first-order valence-electron chi connectivity index (χ1n) is 8.77. The van der Waals surface area contributed by atoms with Crippen LogP contribution in [0.2, 0.25) is 0 Å². The Kier molecular flexibility index (Phi) is 4.59. The number of nitrogens with one attached hydrogen (secondary N) is 1. The third-order valence-electron chi connectivity index (χ3n) is 4.21. The molecule has 1 amide bonds. The van der Waals surface area contributed by atoms with Crippen LogP contribution in [0.1, 0.15) is 30.2 Å². The summed E-state index contributed by atoms with van der Waals surface area (Å²) in [7, 11) is 1.47. The summed E-state index contributed by atoms with van der Waals surface area (Å²) >= 11 is 0. The van der Waals surface area contributed by atoms with E-state index in [1.807, 2.05) is 13.8 Å². The molecule has 0 unspecified atom stereocenters. The van der Waals surface area contributed by atoms with E-state index in [1.165, 1.54) is 13.2 Å². The van der Waals surface area contributed by atoms with Gasteiger partial charge in [-0.05, 0) is 32.0 Å². The van der Waals surface area contributed by atoms with E-state index in [9.17, 15) is 9.59 Å². The molecular weight excluding hydrogens is 378 g/mol. The highest BCUT2D eigenvalue weighted by atomic mass is 16.5. The first-order chi connectivity index (χ1) is 14.0. The number of anilines is 1. The van der Waals surface area contributed by atoms with Gasteiger partial charge in [-0.1, -0.05) is 17.2 Å². The zero-order chi connectivity index (χ0) is 20.5. The summed E-state index contributed by atoms with van der Waals surface area (Å²) in [5, 5.41) is 14.9. The number of hydrogen-bond donors (Lipinski definition) is 1. The average Bonchev–Trinajstić information content (AvgIpc) is 3.36. The Bertz CT molecular complexity index is 1250. The van der Waals surface area contributed by atoms with E-state index in [4.69, 9.17) is 13.6 Å². The third-order valence-corrected chi connectivity index (χ3v) is 4.21. The number of carbonyl (C=O) groups excluding carboxylic acids is 1. The fourth-order valence-corrected chi connectivity index (χ4v) is 2.87. The molecule has 0 atom stereocenters. The van der Waals surface area contributed by atoms with Gasteiger partial charge in [0.25, 0.3) is 11.8 Å². The van der Waals surface area contributed by atoms with Crippen LogP contribution in [0.3, 0.4) is 0 Å². The average molecular weight is 395 g/mol. The molecule has 0 radical (unpaired) electrons. The van der Waals surface area contributed by atoms with Crippen LogP contribution in [0.4, 0.5) is 6.01 Å². The SMILES string of the molecule is COc1cccc2cc(C(=O)Nc3nnc(-c4ccnn4C(C)C)o3)c(=O)oc12. The second-order valence-corrected chi connectivity index (χ2v) is 6.45. The van der Waals surface area contributed by atoms with Crippen LogP contribution in [0.5, 0.6) is 5.75 Å². The lowest BCUT2D eigenvalue weighted by molar-refractivity contribution is 0.102. The highest BCUT2D eigenvalue weighted by Gasteiger charge is 2.20. The van der Waals surface area contributed by atoms with Crippen molar-refractivity contribution in [2.75, 3.05) is 12.4 Å². The highest BCUT2D eigenvalue weighted by molar-refractivity contribution is 6.04. The number of para-hydroxylation sites is 1. The summed E-state index contributed by atoms with van der Waals surface area (Å²) in [5.41, 5.74) is -0.126. The quantitative estimate of drug-likeness (QED) is 0.511. The minimum absolute atomic E-state index is 0.0872. The number of carbonyl (C=O) groups is 1. The number of methoxy groups -OCH3 is 1. The molecule has 0 saturated carbocycles. The van der Waals surface area contributed by atoms with E-state index in [0.717, 1.165) is 0 Å². The zero-order valence-electron chi connectivity index (χ0n) is 15.9. The van der Waals surface area contributed by atoms with Gasteiger partial charge in [-0.2, -0.15) is 5.10 Å². The standard InChI is InChI=1S/C19H17N5O5/c1-10(2)24-13(7-8-20-24)17-22-23-19(29-17)21-16(25)12-9-11-5-4-6-14(27-3)15(11)28-18(12)26/h4-10H,1-3H3,(H,21,23,25). The minimum atomic E-state index is -0.808. The summed E-state index contributed by atoms with van der Waals surface area (Å²) in [6.45, 7) is 3.92. The van der Waals surface area contributed by atoms with Crippen molar-refractivity contribution >= 4 is 22.9 Å². The van der Waals surface area contributed by atoms with Gasteiger partial charge < -0.3 is 13.6 Å². The Labute approximate surface area is 164 Å². The summed E-state index contributed by atoms with van der Waals surface area (Å²) in [6.07, 6.45) is 1.62. The van der Waals surface area contributed by atoms with E-state index in [-0.39, 0.29) is 29.1 Å². The maximum atomic E-state index is 12.6. The molecule has 1 aromatic carbocycles. The molecule has 0 aliphatic rings. The Morgan fingerprint density at radius 1 is 1.21 bits per heavy atom. The van der Waals surface area contributed by atoms with Crippen molar-refractivity contribution in [3.63, 3.8) is 0 Å². The second kappa shape index (κ2) is 7.23. The van der Waals surface area contributed by atoms with Crippen molar-refractivity contribution in [2.45, 2.75) is 19.9 Å². The van der Waals surface area contributed by atoms with Crippen LogP contribution < -0.4 is 15.7 Å². The van der Waals surface area contributed by atoms with Crippen LogP contribution in [0, 0.1) is 0 Å².